The zero-order valence-electron chi connectivity index (χ0n) is 6.92. The van der Waals surface area contributed by atoms with Crippen LogP contribution in [0, 0.1) is 0 Å². The first-order valence-electron chi connectivity index (χ1n) is 3.71. The molecule has 1 fully saturated rings. The van der Waals surface area contributed by atoms with E-state index >= 15 is 0 Å². The molecular weight excluding hydrogens is 219 g/mol. The van der Waals surface area contributed by atoms with Crippen LogP contribution in [0.25, 0.3) is 0 Å². The molecule has 0 spiro atoms. The summed E-state index contributed by atoms with van der Waals surface area (Å²) in [6.45, 7) is -0.584. The average Bonchev–Trinajstić information content (AvgIpc) is 2.30. The maximum atomic E-state index is 10.4. The topological polar surface area (TPSA) is 137 Å². The molecule has 1 aliphatic heterocycles. The molecule has 84 valence electrons. The van der Waals surface area contributed by atoms with Crippen LogP contribution in [0.1, 0.15) is 0 Å². The summed E-state index contributed by atoms with van der Waals surface area (Å²) in [6.07, 6.45) is -5.78. The Labute approximate surface area is 78.9 Å². The molecule has 1 saturated heterocycles. The lowest BCUT2D eigenvalue weighted by atomic mass is 10.1. The predicted octanol–water partition coefficient (Wildman–Crippen LogP) is -2.47. The van der Waals surface area contributed by atoms with Crippen LogP contribution in [0.5, 0.6) is 0 Å². The smallest absolute Gasteiger partial charge is 0.394 e. The van der Waals surface area contributed by atoms with Crippen LogP contribution in [-0.2, 0) is 13.8 Å². The van der Waals surface area contributed by atoms with Crippen LogP contribution in [0.2, 0.25) is 0 Å². The molecule has 5 N–H and O–H groups in total. The van der Waals surface area contributed by atoms with Crippen molar-refractivity contribution in [2.24, 2.45) is 0 Å². The van der Waals surface area contributed by atoms with Gasteiger partial charge < -0.3 is 29.8 Å². The molecule has 0 aromatic rings. The molecule has 8 nitrogen and oxygen atoms in total. The molecule has 0 radical (unpaired) electrons. The Bertz CT molecular complexity index is 238. The SMILES string of the molecule is O=P(O)(O)O[C@@H]1O[C@@H](CO)[C@H](O)[C@@H]1O. The molecule has 0 bridgehead atoms. The third-order valence-electron chi connectivity index (χ3n) is 1.74. The monoisotopic (exact) mass is 230 g/mol. The van der Waals surface area contributed by atoms with Gasteiger partial charge in [0.05, 0.1) is 6.61 Å². The van der Waals surface area contributed by atoms with Gasteiger partial charge in [0.1, 0.15) is 18.3 Å². The number of aliphatic hydroxyl groups is 3. The number of phosphoric ester groups is 1. The Kier molecular flexibility index (Phi) is 3.62. The van der Waals surface area contributed by atoms with Gasteiger partial charge in [-0.3, -0.25) is 4.52 Å². The largest absolute Gasteiger partial charge is 0.472 e. The molecular formula is C5H11O8P. The summed E-state index contributed by atoms with van der Waals surface area (Å²) < 4.78 is 19.1. The van der Waals surface area contributed by atoms with E-state index in [2.05, 4.69) is 9.26 Å². The lowest BCUT2D eigenvalue weighted by molar-refractivity contribution is -0.126. The summed E-state index contributed by atoms with van der Waals surface area (Å²) in [7, 11) is -4.79. The first-order valence-corrected chi connectivity index (χ1v) is 5.24. The van der Waals surface area contributed by atoms with Gasteiger partial charge in [-0.05, 0) is 0 Å². The van der Waals surface area contributed by atoms with Crippen LogP contribution in [0.15, 0.2) is 0 Å². The zero-order valence-corrected chi connectivity index (χ0v) is 7.82. The Morgan fingerprint density at radius 2 is 1.86 bits per heavy atom. The molecule has 0 unspecified atom stereocenters. The number of hydrogen-bond acceptors (Lipinski definition) is 6. The number of hydrogen-bond donors (Lipinski definition) is 5. The Balaban J connectivity index is 2.61. The fraction of sp³-hybridized carbons (Fsp3) is 1.00. The van der Waals surface area contributed by atoms with E-state index in [1.807, 2.05) is 0 Å². The van der Waals surface area contributed by atoms with Crippen LogP contribution in [0.3, 0.4) is 0 Å². The van der Waals surface area contributed by atoms with Gasteiger partial charge in [-0.2, -0.15) is 0 Å². The number of phosphoric acid groups is 1. The van der Waals surface area contributed by atoms with Crippen molar-refractivity contribution in [3.05, 3.63) is 0 Å². The maximum absolute atomic E-state index is 10.4. The van der Waals surface area contributed by atoms with Gasteiger partial charge >= 0.3 is 7.82 Å². The zero-order chi connectivity index (χ0) is 10.9. The van der Waals surface area contributed by atoms with E-state index in [0.29, 0.717) is 0 Å². The van der Waals surface area contributed by atoms with Crippen molar-refractivity contribution in [2.45, 2.75) is 24.6 Å². The fourth-order valence-electron chi connectivity index (χ4n) is 1.09. The summed E-state index contributed by atoms with van der Waals surface area (Å²) >= 11 is 0. The van der Waals surface area contributed by atoms with Crippen LogP contribution < -0.4 is 0 Å². The quantitative estimate of drug-likeness (QED) is 0.336. The second kappa shape index (κ2) is 4.21. The second-order valence-electron chi connectivity index (χ2n) is 2.80. The Morgan fingerprint density at radius 3 is 2.21 bits per heavy atom. The molecule has 0 aromatic carbocycles. The number of rotatable bonds is 3. The highest BCUT2D eigenvalue weighted by Gasteiger charge is 2.45. The molecule has 0 saturated carbocycles. The first kappa shape index (κ1) is 12.0. The van der Waals surface area contributed by atoms with E-state index in [9.17, 15) is 4.57 Å². The predicted molar refractivity (Wildman–Crippen MR) is 40.9 cm³/mol. The standard InChI is InChI=1S/C5H11O8P/c6-1-2-3(7)4(8)5(12-2)13-14(9,10)11/h2-8H,1H2,(H2,9,10,11)/t2-,3-,4-,5-/m0/s1. The average molecular weight is 230 g/mol. The van der Waals surface area contributed by atoms with Gasteiger partial charge in [0.25, 0.3) is 0 Å². The summed E-state index contributed by atoms with van der Waals surface area (Å²) in [6, 6.07) is 0. The van der Waals surface area contributed by atoms with Gasteiger partial charge in [0.15, 0.2) is 6.29 Å². The molecule has 0 aromatic heterocycles. The summed E-state index contributed by atoms with van der Waals surface area (Å²) in [4.78, 5) is 16.8. The minimum atomic E-state index is -4.79. The second-order valence-corrected chi connectivity index (χ2v) is 3.99. The third kappa shape index (κ3) is 2.72. The van der Waals surface area contributed by atoms with Gasteiger partial charge in [-0.15, -0.1) is 0 Å². The molecule has 0 amide bonds. The van der Waals surface area contributed by atoms with Crippen molar-refractivity contribution >= 4 is 7.82 Å². The van der Waals surface area contributed by atoms with Crippen molar-refractivity contribution in [1.29, 1.82) is 0 Å². The lowest BCUT2D eigenvalue weighted by Crippen LogP contribution is -2.34. The van der Waals surface area contributed by atoms with Gasteiger partial charge in [-0.25, -0.2) is 4.57 Å². The summed E-state index contributed by atoms with van der Waals surface area (Å²) in [5.41, 5.74) is 0. The van der Waals surface area contributed by atoms with E-state index in [0.717, 1.165) is 0 Å². The third-order valence-corrected chi connectivity index (χ3v) is 2.22. The molecule has 1 aliphatic rings. The van der Waals surface area contributed by atoms with Gasteiger partial charge in [0.2, 0.25) is 0 Å². The normalized spacial score (nSPS) is 38.9. The summed E-state index contributed by atoms with van der Waals surface area (Å²) in [5.74, 6) is 0. The van der Waals surface area contributed by atoms with Crippen molar-refractivity contribution in [1.82, 2.24) is 0 Å². The van der Waals surface area contributed by atoms with E-state index < -0.39 is 39.0 Å². The van der Waals surface area contributed by atoms with E-state index in [4.69, 9.17) is 25.1 Å². The van der Waals surface area contributed by atoms with E-state index in [1.54, 1.807) is 0 Å². The highest BCUT2D eigenvalue weighted by atomic mass is 31.2. The number of ether oxygens (including phenoxy) is 1. The van der Waals surface area contributed by atoms with E-state index in [-0.39, 0.29) is 0 Å². The highest BCUT2D eigenvalue weighted by Crippen LogP contribution is 2.40. The number of aliphatic hydroxyl groups excluding tert-OH is 3. The molecule has 0 aliphatic carbocycles. The van der Waals surface area contributed by atoms with Crippen molar-refractivity contribution in [3.8, 4) is 0 Å². The molecule has 1 heterocycles. The molecule has 14 heavy (non-hydrogen) atoms. The van der Waals surface area contributed by atoms with Crippen LogP contribution >= 0.6 is 7.82 Å². The maximum Gasteiger partial charge on any atom is 0.472 e. The Hall–Kier alpha value is -0.0500. The van der Waals surface area contributed by atoms with Crippen LogP contribution in [-0.4, -0.2) is 56.3 Å². The fourth-order valence-corrected chi connectivity index (χ4v) is 1.53. The minimum Gasteiger partial charge on any atom is -0.394 e. The lowest BCUT2D eigenvalue weighted by Gasteiger charge is -2.15. The van der Waals surface area contributed by atoms with Crippen LogP contribution in [0.4, 0.5) is 0 Å². The molecule has 1 rings (SSSR count). The van der Waals surface area contributed by atoms with Crippen molar-refractivity contribution in [3.63, 3.8) is 0 Å². The summed E-state index contributed by atoms with van der Waals surface area (Å²) in [5, 5.41) is 26.9. The molecule has 4 atom stereocenters. The first-order chi connectivity index (χ1) is 6.35. The van der Waals surface area contributed by atoms with E-state index in [1.165, 1.54) is 0 Å². The van der Waals surface area contributed by atoms with Gasteiger partial charge in [-0.1, -0.05) is 0 Å². The van der Waals surface area contributed by atoms with Gasteiger partial charge in [0, 0.05) is 0 Å². The molecule has 9 heteroatoms. The highest BCUT2D eigenvalue weighted by molar-refractivity contribution is 7.46. The van der Waals surface area contributed by atoms with Crippen molar-refractivity contribution < 1.29 is 38.9 Å². The minimum absolute atomic E-state index is 0.584. The Morgan fingerprint density at radius 1 is 1.29 bits per heavy atom. The van der Waals surface area contributed by atoms with Crippen molar-refractivity contribution in [2.75, 3.05) is 6.61 Å².